The van der Waals surface area contributed by atoms with Gasteiger partial charge in [-0.05, 0) is 86.5 Å². The van der Waals surface area contributed by atoms with Gasteiger partial charge in [-0.15, -0.1) is 0 Å². The van der Waals surface area contributed by atoms with E-state index in [2.05, 4.69) is 25.1 Å². The van der Waals surface area contributed by atoms with E-state index in [0.717, 1.165) is 30.1 Å². The summed E-state index contributed by atoms with van der Waals surface area (Å²) in [6.45, 7) is 3.34. The van der Waals surface area contributed by atoms with Crippen LogP contribution in [0.1, 0.15) is 56.1 Å². The van der Waals surface area contributed by atoms with E-state index in [0.29, 0.717) is 0 Å². The molecule has 1 aromatic rings. The number of hydrogen-bond donors (Lipinski definition) is 0. The molecule has 0 N–H and O–H groups in total. The van der Waals surface area contributed by atoms with Gasteiger partial charge in [-0.25, -0.2) is 0 Å². The van der Waals surface area contributed by atoms with Crippen molar-refractivity contribution in [3.05, 3.63) is 29.3 Å². The Morgan fingerprint density at radius 3 is 3.00 bits per heavy atom. The van der Waals surface area contributed by atoms with E-state index in [4.69, 9.17) is 9.47 Å². The summed E-state index contributed by atoms with van der Waals surface area (Å²) in [5, 5.41) is 0. The molecule has 0 amide bonds. The van der Waals surface area contributed by atoms with Gasteiger partial charge in [-0.1, -0.05) is 6.07 Å². The van der Waals surface area contributed by atoms with E-state index in [1.54, 1.807) is 12.7 Å². The highest BCUT2D eigenvalue weighted by atomic mass is 16.5. The molecular formula is C19H26O2. The topological polar surface area (TPSA) is 18.5 Å². The van der Waals surface area contributed by atoms with Crippen molar-refractivity contribution >= 4 is 0 Å². The highest BCUT2D eigenvalue weighted by molar-refractivity contribution is 5.40. The third-order valence-electron chi connectivity index (χ3n) is 6.36. The third-order valence-corrected chi connectivity index (χ3v) is 6.36. The Labute approximate surface area is 127 Å². The van der Waals surface area contributed by atoms with E-state index in [1.807, 2.05) is 0 Å². The number of hydrogen-bond acceptors (Lipinski definition) is 2. The minimum atomic E-state index is 0.156. The van der Waals surface area contributed by atoms with Crippen molar-refractivity contribution in [2.24, 2.45) is 11.8 Å². The van der Waals surface area contributed by atoms with Crippen LogP contribution in [0.15, 0.2) is 18.2 Å². The molecule has 1 saturated carbocycles. The van der Waals surface area contributed by atoms with Gasteiger partial charge in [0.15, 0.2) is 0 Å². The number of aryl methyl sites for hydroxylation is 1. The molecule has 1 saturated heterocycles. The fourth-order valence-electron chi connectivity index (χ4n) is 5.28. The van der Waals surface area contributed by atoms with Crippen LogP contribution in [0.3, 0.4) is 0 Å². The Kier molecular flexibility index (Phi) is 3.25. The van der Waals surface area contributed by atoms with Crippen LogP contribution < -0.4 is 4.74 Å². The third kappa shape index (κ3) is 2.11. The molecule has 0 spiro atoms. The van der Waals surface area contributed by atoms with E-state index < -0.39 is 0 Å². The Balaban J connectivity index is 1.67. The van der Waals surface area contributed by atoms with Crippen LogP contribution in [0.25, 0.3) is 0 Å². The summed E-state index contributed by atoms with van der Waals surface area (Å²) in [7, 11) is 1.76. The summed E-state index contributed by atoms with van der Waals surface area (Å²) in [6, 6.07) is 6.74. The molecule has 2 aliphatic carbocycles. The van der Waals surface area contributed by atoms with Crippen molar-refractivity contribution in [3.63, 3.8) is 0 Å². The minimum Gasteiger partial charge on any atom is -0.497 e. The summed E-state index contributed by atoms with van der Waals surface area (Å²) in [5.41, 5.74) is 3.28. The summed E-state index contributed by atoms with van der Waals surface area (Å²) >= 11 is 0. The number of methoxy groups -OCH3 is 1. The zero-order chi connectivity index (χ0) is 14.4. The molecule has 0 aromatic heterocycles. The van der Waals surface area contributed by atoms with Crippen molar-refractivity contribution in [2.75, 3.05) is 13.7 Å². The first-order chi connectivity index (χ1) is 10.2. The average molecular weight is 286 g/mol. The molecule has 0 bridgehead atoms. The van der Waals surface area contributed by atoms with Gasteiger partial charge < -0.3 is 9.47 Å². The Bertz CT molecular complexity index is 538. The molecule has 4 unspecified atom stereocenters. The van der Waals surface area contributed by atoms with Crippen LogP contribution in [0.2, 0.25) is 0 Å². The molecule has 1 heterocycles. The van der Waals surface area contributed by atoms with Gasteiger partial charge in [0.2, 0.25) is 0 Å². The molecule has 2 nitrogen and oxygen atoms in total. The summed E-state index contributed by atoms with van der Waals surface area (Å²) in [5.74, 6) is 3.35. The number of fused-ring (bicyclic) bond motifs is 5. The first-order valence-electron chi connectivity index (χ1n) is 8.52. The van der Waals surface area contributed by atoms with Crippen molar-refractivity contribution in [3.8, 4) is 5.75 Å². The predicted octanol–water partition coefficient (Wildman–Crippen LogP) is 4.32. The van der Waals surface area contributed by atoms with Gasteiger partial charge in [0.1, 0.15) is 5.75 Å². The quantitative estimate of drug-likeness (QED) is 0.765. The van der Waals surface area contributed by atoms with Gasteiger partial charge in [0.05, 0.1) is 12.7 Å². The van der Waals surface area contributed by atoms with Gasteiger partial charge in [-0.2, -0.15) is 0 Å². The Morgan fingerprint density at radius 1 is 1.24 bits per heavy atom. The highest BCUT2D eigenvalue weighted by Gasteiger charge is 2.49. The molecule has 21 heavy (non-hydrogen) atoms. The largest absolute Gasteiger partial charge is 0.497 e. The lowest BCUT2D eigenvalue weighted by Gasteiger charge is -2.53. The maximum Gasteiger partial charge on any atom is 0.119 e. The van der Waals surface area contributed by atoms with Gasteiger partial charge in [0, 0.05) is 6.61 Å². The van der Waals surface area contributed by atoms with Crippen LogP contribution in [0.4, 0.5) is 0 Å². The van der Waals surface area contributed by atoms with E-state index in [1.165, 1.54) is 44.1 Å². The molecule has 1 aromatic carbocycles. The second-order valence-electron chi connectivity index (χ2n) is 7.32. The number of ether oxygens (including phenoxy) is 2. The van der Waals surface area contributed by atoms with Crippen molar-refractivity contribution in [1.29, 1.82) is 0 Å². The fourth-order valence-corrected chi connectivity index (χ4v) is 5.28. The molecule has 114 valence electrons. The monoisotopic (exact) mass is 286 g/mol. The van der Waals surface area contributed by atoms with Gasteiger partial charge in [0.25, 0.3) is 0 Å². The predicted molar refractivity (Wildman–Crippen MR) is 83.9 cm³/mol. The van der Waals surface area contributed by atoms with Crippen molar-refractivity contribution in [2.45, 2.75) is 57.0 Å². The van der Waals surface area contributed by atoms with Crippen LogP contribution >= 0.6 is 0 Å². The normalized spacial score (nSPS) is 38.1. The van der Waals surface area contributed by atoms with E-state index in [9.17, 15) is 0 Å². The maximum absolute atomic E-state index is 6.22. The molecule has 2 heteroatoms. The second-order valence-corrected chi connectivity index (χ2v) is 7.32. The maximum atomic E-state index is 6.22. The zero-order valence-electron chi connectivity index (χ0n) is 13.2. The molecule has 2 fully saturated rings. The number of benzene rings is 1. The van der Waals surface area contributed by atoms with Gasteiger partial charge >= 0.3 is 0 Å². The molecule has 3 aliphatic rings. The highest BCUT2D eigenvalue weighted by Crippen LogP contribution is 2.55. The summed E-state index contributed by atoms with van der Waals surface area (Å²) < 4.78 is 11.6. The van der Waals surface area contributed by atoms with Gasteiger partial charge in [-0.3, -0.25) is 0 Å². The fraction of sp³-hybridized carbons (Fsp3) is 0.684. The summed E-state index contributed by atoms with van der Waals surface area (Å²) in [4.78, 5) is 0. The lowest BCUT2D eigenvalue weighted by Crippen LogP contribution is -2.51. The number of rotatable bonds is 1. The molecule has 0 radical (unpaired) electrons. The standard InChI is InChI=1S/C19H26O2/c1-19-10-9-16-15-8-6-14(20-2)12-13(15)5-7-17(16)18(19)4-3-11-21-19/h6,8,12,16-18H,3-5,7,9-11H2,1-2H3. The summed E-state index contributed by atoms with van der Waals surface area (Å²) in [6.07, 6.45) is 7.66. The first kappa shape index (κ1) is 13.6. The average Bonchev–Trinajstić information content (AvgIpc) is 2.53. The first-order valence-corrected chi connectivity index (χ1v) is 8.52. The minimum absolute atomic E-state index is 0.156. The van der Waals surface area contributed by atoms with Crippen molar-refractivity contribution in [1.82, 2.24) is 0 Å². The van der Waals surface area contributed by atoms with Crippen LogP contribution in [0.5, 0.6) is 5.75 Å². The van der Waals surface area contributed by atoms with E-state index in [-0.39, 0.29) is 5.60 Å². The zero-order valence-corrected chi connectivity index (χ0v) is 13.2. The Hall–Kier alpha value is -1.02. The van der Waals surface area contributed by atoms with Crippen molar-refractivity contribution < 1.29 is 9.47 Å². The van der Waals surface area contributed by atoms with Crippen LogP contribution in [-0.4, -0.2) is 19.3 Å². The van der Waals surface area contributed by atoms with Crippen LogP contribution in [-0.2, 0) is 11.2 Å². The smallest absolute Gasteiger partial charge is 0.119 e. The molecule has 1 aliphatic heterocycles. The SMILES string of the molecule is COc1ccc2c(c1)CCC1C2CCC2(C)OCCCC12. The molecular weight excluding hydrogens is 260 g/mol. The van der Waals surface area contributed by atoms with Crippen LogP contribution in [0, 0.1) is 11.8 Å². The second kappa shape index (κ2) is 5.01. The Morgan fingerprint density at radius 2 is 2.14 bits per heavy atom. The molecule has 4 atom stereocenters. The molecule has 4 rings (SSSR count). The lowest BCUT2D eigenvalue weighted by atomic mass is 9.57. The lowest BCUT2D eigenvalue weighted by molar-refractivity contribution is -0.151. The van der Waals surface area contributed by atoms with E-state index >= 15 is 0 Å².